The molecule has 0 fully saturated rings. The van der Waals surface area contributed by atoms with E-state index in [1.807, 2.05) is 31.2 Å². The van der Waals surface area contributed by atoms with Crippen molar-refractivity contribution in [2.45, 2.75) is 13.3 Å². The van der Waals surface area contributed by atoms with E-state index in [2.05, 4.69) is 4.98 Å². The van der Waals surface area contributed by atoms with Crippen LogP contribution in [0.1, 0.15) is 12.6 Å². The maximum Gasteiger partial charge on any atom is 0.141 e. The first-order chi connectivity index (χ1) is 6.31. The van der Waals surface area contributed by atoms with Gasteiger partial charge in [0.2, 0.25) is 0 Å². The standard InChI is InChI=1S/C11H11NO/c1-2-9-7-6-8-4-3-5-10(13)11(8)12-9/h3-7,13H,2H2,1H3. The van der Waals surface area contributed by atoms with Crippen molar-refractivity contribution in [3.8, 4) is 5.75 Å². The van der Waals surface area contributed by atoms with Crippen LogP contribution in [0.3, 0.4) is 0 Å². The Labute approximate surface area is 76.9 Å². The second-order valence-corrected chi connectivity index (χ2v) is 3.01. The Hall–Kier alpha value is -1.57. The minimum atomic E-state index is 0.257. The van der Waals surface area contributed by atoms with E-state index >= 15 is 0 Å². The molecule has 13 heavy (non-hydrogen) atoms. The molecule has 1 heterocycles. The van der Waals surface area contributed by atoms with Crippen LogP contribution in [0, 0.1) is 0 Å². The number of hydrogen-bond acceptors (Lipinski definition) is 2. The first-order valence-electron chi connectivity index (χ1n) is 4.39. The summed E-state index contributed by atoms with van der Waals surface area (Å²) >= 11 is 0. The summed E-state index contributed by atoms with van der Waals surface area (Å²) in [5, 5.41) is 10.5. The quantitative estimate of drug-likeness (QED) is 0.718. The number of hydrogen-bond donors (Lipinski definition) is 1. The lowest BCUT2D eigenvalue weighted by molar-refractivity contribution is 0.480. The number of phenolic OH excluding ortho intramolecular Hbond substituents is 1. The number of aromatic nitrogens is 1. The third-order valence-corrected chi connectivity index (χ3v) is 2.12. The molecule has 0 aliphatic rings. The number of pyridine rings is 1. The lowest BCUT2D eigenvalue weighted by Gasteiger charge is -2.01. The van der Waals surface area contributed by atoms with Crippen LogP contribution < -0.4 is 0 Å². The molecule has 0 atom stereocenters. The van der Waals surface area contributed by atoms with Gasteiger partial charge in [-0.1, -0.05) is 25.1 Å². The van der Waals surface area contributed by atoms with Crippen molar-refractivity contribution in [3.63, 3.8) is 0 Å². The largest absolute Gasteiger partial charge is 0.506 e. The SMILES string of the molecule is CCc1ccc2cccc(O)c2n1. The van der Waals surface area contributed by atoms with Crippen LogP contribution in [0.5, 0.6) is 5.75 Å². The van der Waals surface area contributed by atoms with Gasteiger partial charge in [-0.3, -0.25) is 0 Å². The molecule has 66 valence electrons. The molecule has 0 spiro atoms. The molecule has 0 unspecified atom stereocenters. The fraction of sp³-hybridized carbons (Fsp3) is 0.182. The van der Waals surface area contributed by atoms with Gasteiger partial charge in [-0.2, -0.15) is 0 Å². The van der Waals surface area contributed by atoms with E-state index in [0.29, 0.717) is 5.52 Å². The van der Waals surface area contributed by atoms with E-state index in [1.54, 1.807) is 6.07 Å². The first kappa shape index (κ1) is 8.05. The average Bonchev–Trinajstić information content (AvgIpc) is 2.18. The summed E-state index contributed by atoms with van der Waals surface area (Å²) in [6.07, 6.45) is 0.893. The molecule has 0 bridgehead atoms. The molecule has 1 aromatic carbocycles. The average molecular weight is 173 g/mol. The Kier molecular flexibility index (Phi) is 1.89. The number of benzene rings is 1. The molecule has 0 saturated heterocycles. The summed E-state index contributed by atoms with van der Waals surface area (Å²) in [6, 6.07) is 9.41. The first-order valence-corrected chi connectivity index (χ1v) is 4.39. The summed E-state index contributed by atoms with van der Waals surface area (Å²) in [6.45, 7) is 2.05. The zero-order valence-electron chi connectivity index (χ0n) is 7.49. The van der Waals surface area contributed by atoms with Gasteiger partial charge in [0.25, 0.3) is 0 Å². The molecule has 2 aromatic rings. The summed E-state index contributed by atoms with van der Waals surface area (Å²) in [7, 11) is 0. The summed E-state index contributed by atoms with van der Waals surface area (Å²) < 4.78 is 0. The lowest BCUT2D eigenvalue weighted by Crippen LogP contribution is -1.87. The lowest BCUT2D eigenvalue weighted by atomic mass is 10.2. The zero-order chi connectivity index (χ0) is 9.26. The van der Waals surface area contributed by atoms with Crippen LogP contribution in [-0.2, 0) is 6.42 Å². The van der Waals surface area contributed by atoms with Gasteiger partial charge in [0, 0.05) is 11.1 Å². The fourth-order valence-electron chi connectivity index (χ4n) is 1.37. The number of aryl methyl sites for hydroxylation is 1. The molecule has 2 nitrogen and oxygen atoms in total. The molecule has 0 aliphatic heterocycles. The van der Waals surface area contributed by atoms with Crippen molar-refractivity contribution in [1.82, 2.24) is 4.98 Å². The minimum Gasteiger partial charge on any atom is -0.506 e. The van der Waals surface area contributed by atoms with Gasteiger partial charge in [0.15, 0.2) is 0 Å². The third kappa shape index (κ3) is 1.35. The van der Waals surface area contributed by atoms with E-state index in [1.165, 1.54) is 0 Å². The van der Waals surface area contributed by atoms with Gasteiger partial charge in [0.1, 0.15) is 11.3 Å². The minimum absolute atomic E-state index is 0.257. The zero-order valence-corrected chi connectivity index (χ0v) is 7.49. The third-order valence-electron chi connectivity index (χ3n) is 2.12. The Morgan fingerprint density at radius 2 is 2.08 bits per heavy atom. The van der Waals surface area contributed by atoms with Crippen molar-refractivity contribution < 1.29 is 5.11 Å². The van der Waals surface area contributed by atoms with E-state index in [9.17, 15) is 5.11 Å². The van der Waals surface area contributed by atoms with Gasteiger partial charge in [-0.25, -0.2) is 4.98 Å². The van der Waals surface area contributed by atoms with Gasteiger partial charge >= 0.3 is 0 Å². The van der Waals surface area contributed by atoms with Crippen molar-refractivity contribution in [1.29, 1.82) is 0 Å². The maximum atomic E-state index is 9.53. The van der Waals surface area contributed by atoms with Crippen LogP contribution >= 0.6 is 0 Å². The van der Waals surface area contributed by atoms with Crippen LogP contribution in [0.4, 0.5) is 0 Å². The van der Waals surface area contributed by atoms with E-state index < -0.39 is 0 Å². The highest BCUT2D eigenvalue weighted by Gasteiger charge is 2.00. The van der Waals surface area contributed by atoms with Crippen LogP contribution in [0.25, 0.3) is 10.9 Å². The smallest absolute Gasteiger partial charge is 0.141 e. The second kappa shape index (κ2) is 3.05. The van der Waals surface area contributed by atoms with Crippen molar-refractivity contribution in [3.05, 3.63) is 36.0 Å². The second-order valence-electron chi connectivity index (χ2n) is 3.01. The van der Waals surface area contributed by atoms with E-state index in [-0.39, 0.29) is 5.75 Å². The van der Waals surface area contributed by atoms with Crippen LogP contribution in [0.2, 0.25) is 0 Å². The highest BCUT2D eigenvalue weighted by molar-refractivity contribution is 5.84. The van der Waals surface area contributed by atoms with Gasteiger partial charge in [-0.05, 0) is 18.6 Å². The number of nitrogens with zero attached hydrogens (tertiary/aromatic N) is 1. The predicted octanol–water partition coefficient (Wildman–Crippen LogP) is 2.50. The van der Waals surface area contributed by atoms with Gasteiger partial charge < -0.3 is 5.11 Å². The highest BCUT2D eigenvalue weighted by Crippen LogP contribution is 2.22. The maximum absolute atomic E-state index is 9.53. The summed E-state index contributed by atoms with van der Waals surface area (Å²) in [5.74, 6) is 0.257. The van der Waals surface area contributed by atoms with Crippen molar-refractivity contribution in [2.24, 2.45) is 0 Å². The molecule has 1 aromatic heterocycles. The molecule has 2 rings (SSSR count). The Morgan fingerprint density at radius 1 is 1.23 bits per heavy atom. The van der Waals surface area contributed by atoms with Crippen molar-refractivity contribution in [2.75, 3.05) is 0 Å². The molecular weight excluding hydrogens is 162 g/mol. The van der Waals surface area contributed by atoms with Gasteiger partial charge in [0.05, 0.1) is 0 Å². The number of rotatable bonds is 1. The molecule has 0 amide bonds. The Balaban J connectivity index is 2.74. The number of fused-ring (bicyclic) bond motifs is 1. The molecule has 0 saturated carbocycles. The Morgan fingerprint density at radius 3 is 2.85 bits per heavy atom. The molecule has 1 N–H and O–H groups in total. The molecule has 0 aliphatic carbocycles. The number of para-hydroxylation sites is 1. The number of phenols is 1. The summed E-state index contributed by atoms with van der Waals surface area (Å²) in [5.41, 5.74) is 1.70. The molecular formula is C11H11NO. The van der Waals surface area contributed by atoms with Crippen LogP contribution in [0.15, 0.2) is 30.3 Å². The van der Waals surface area contributed by atoms with E-state index in [0.717, 1.165) is 17.5 Å². The normalized spacial score (nSPS) is 10.5. The topological polar surface area (TPSA) is 33.1 Å². The summed E-state index contributed by atoms with van der Waals surface area (Å²) in [4.78, 5) is 4.34. The molecule has 0 radical (unpaired) electrons. The van der Waals surface area contributed by atoms with Crippen molar-refractivity contribution >= 4 is 10.9 Å². The van der Waals surface area contributed by atoms with Crippen LogP contribution in [-0.4, -0.2) is 10.1 Å². The highest BCUT2D eigenvalue weighted by atomic mass is 16.3. The van der Waals surface area contributed by atoms with Gasteiger partial charge in [-0.15, -0.1) is 0 Å². The monoisotopic (exact) mass is 173 g/mol. The van der Waals surface area contributed by atoms with E-state index in [4.69, 9.17) is 0 Å². The molecule has 2 heteroatoms. The Bertz CT molecular complexity index is 437. The predicted molar refractivity (Wildman–Crippen MR) is 52.8 cm³/mol. The fourth-order valence-corrected chi connectivity index (χ4v) is 1.37. The number of aromatic hydroxyl groups is 1.